The van der Waals surface area contributed by atoms with Gasteiger partial charge in [0.15, 0.2) is 0 Å². The monoisotopic (exact) mass is 387 g/mol. The Morgan fingerprint density at radius 3 is 2.68 bits per heavy atom. The van der Waals surface area contributed by atoms with Crippen molar-refractivity contribution in [1.82, 2.24) is 15.6 Å². The first-order valence-electron chi connectivity index (χ1n) is 8.60. The summed E-state index contributed by atoms with van der Waals surface area (Å²) in [6.45, 7) is 0.923. The topological polar surface area (TPSA) is 107 Å². The summed E-state index contributed by atoms with van der Waals surface area (Å²) in [6.07, 6.45) is 2.11. The highest BCUT2D eigenvalue weighted by Gasteiger charge is 2.12. The number of rotatable bonds is 9. The van der Waals surface area contributed by atoms with E-state index in [-0.39, 0.29) is 24.4 Å². The van der Waals surface area contributed by atoms with E-state index < -0.39 is 17.5 Å². The summed E-state index contributed by atoms with van der Waals surface area (Å²) in [4.78, 5) is 27.6. The van der Waals surface area contributed by atoms with Gasteiger partial charge in [-0.2, -0.15) is 5.26 Å². The number of anilines is 1. The van der Waals surface area contributed by atoms with E-state index in [0.29, 0.717) is 37.0 Å². The van der Waals surface area contributed by atoms with Gasteiger partial charge < -0.3 is 16.0 Å². The van der Waals surface area contributed by atoms with E-state index in [1.807, 2.05) is 6.07 Å². The normalized spacial score (nSPS) is 10.0. The highest BCUT2D eigenvalue weighted by atomic mass is 19.1. The molecule has 0 aliphatic heterocycles. The van der Waals surface area contributed by atoms with Crippen LogP contribution in [0.2, 0.25) is 0 Å². The summed E-state index contributed by atoms with van der Waals surface area (Å²) in [5.41, 5.74) is 0.172. The van der Waals surface area contributed by atoms with Crippen molar-refractivity contribution < 1.29 is 18.4 Å². The molecule has 0 saturated heterocycles. The SMILES string of the molecule is N#Cc1cccnc1NCCNC(=O)CCCNC(=O)c1ccc(F)cc1F. The molecule has 1 heterocycles. The minimum absolute atomic E-state index is 0.180. The Hall–Kier alpha value is -3.54. The lowest BCUT2D eigenvalue weighted by molar-refractivity contribution is -0.121. The quantitative estimate of drug-likeness (QED) is 0.571. The average molecular weight is 387 g/mol. The zero-order valence-corrected chi connectivity index (χ0v) is 15.0. The number of carbonyl (C=O) groups is 2. The van der Waals surface area contributed by atoms with E-state index in [9.17, 15) is 18.4 Å². The molecule has 0 fully saturated rings. The number of amides is 2. The maximum absolute atomic E-state index is 13.5. The third-order valence-electron chi connectivity index (χ3n) is 3.71. The van der Waals surface area contributed by atoms with E-state index in [2.05, 4.69) is 20.9 Å². The van der Waals surface area contributed by atoms with Crippen molar-refractivity contribution in [3.05, 3.63) is 59.3 Å². The van der Waals surface area contributed by atoms with Gasteiger partial charge in [0, 0.05) is 38.3 Å². The zero-order chi connectivity index (χ0) is 20.4. The predicted molar refractivity (Wildman–Crippen MR) is 98.4 cm³/mol. The molecular formula is C19H19F2N5O2. The van der Waals surface area contributed by atoms with Crippen LogP contribution in [-0.2, 0) is 4.79 Å². The molecule has 1 aromatic carbocycles. The summed E-state index contributed by atoms with van der Waals surface area (Å²) in [6, 6.07) is 8.03. The molecule has 2 aromatic rings. The van der Waals surface area contributed by atoms with Gasteiger partial charge in [-0.25, -0.2) is 13.8 Å². The van der Waals surface area contributed by atoms with Crippen molar-refractivity contribution in [2.24, 2.45) is 0 Å². The maximum atomic E-state index is 13.5. The number of halogens is 2. The third kappa shape index (κ3) is 6.32. The Labute approximate surface area is 160 Å². The molecule has 0 aliphatic carbocycles. The van der Waals surface area contributed by atoms with Gasteiger partial charge in [0.05, 0.1) is 11.1 Å². The standard InChI is InChI=1S/C19H19F2N5O2/c20-14-5-6-15(16(21)11-14)19(28)26-8-2-4-17(27)23-9-10-25-18-13(12-22)3-1-7-24-18/h1,3,5-7,11H,2,4,8-10H2,(H,23,27)(H,24,25)(H,26,28). The third-order valence-corrected chi connectivity index (χ3v) is 3.71. The summed E-state index contributed by atoms with van der Waals surface area (Å²) in [5.74, 6) is -2.10. The molecule has 9 heteroatoms. The van der Waals surface area contributed by atoms with E-state index >= 15 is 0 Å². The minimum atomic E-state index is -0.935. The van der Waals surface area contributed by atoms with Gasteiger partial charge in [0.25, 0.3) is 5.91 Å². The first kappa shape index (κ1) is 20.8. The van der Waals surface area contributed by atoms with Gasteiger partial charge in [0.1, 0.15) is 23.5 Å². The molecule has 0 saturated carbocycles. The average Bonchev–Trinajstić information content (AvgIpc) is 2.68. The number of nitrogens with zero attached hydrogens (tertiary/aromatic N) is 2. The van der Waals surface area contributed by atoms with Gasteiger partial charge in [-0.05, 0) is 30.7 Å². The van der Waals surface area contributed by atoms with Crippen LogP contribution in [0.1, 0.15) is 28.8 Å². The molecule has 0 radical (unpaired) electrons. The Balaban J connectivity index is 1.61. The molecule has 3 N–H and O–H groups in total. The van der Waals surface area contributed by atoms with Crippen molar-refractivity contribution in [2.75, 3.05) is 25.0 Å². The van der Waals surface area contributed by atoms with E-state index in [1.54, 1.807) is 18.3 Å². The van der Waals surface area contributed by atoms with Crippen molar-refractivity contribution >= 4 is 17.6 Å². The Morgan fingerprint density at radius 2 is 1.93 bits per heavy atom. The van der Waals surface area contributed by atoms with Gasteiger partial charge in [-0.1, -0.05) is 0 Å². The van der Waals surface area contributed by atoms with Crippen LogP contribution >= 0.6 is 0 Å². The molecule has 0 aliphatic rings. The van der Waals surface area contributed by atoms with Crippen molar-refractivity contribution in [2.45, 2.75) is 12.8 Å². The lowest BCUT2D eigenvalue weighted by atomic mass is 10.2. The maximum Gasteiger partial charge on any atom is 0.254 e. The Kier molecular flexibility index (Phi) is 7.84. The number of nitriles is 1. The fraction of sp³-hybridized carbons (Fsp3) is 0.263. The number of aromatic nitrogens is 1. The molecular weight excluding hydrogens is 368 g/mol. The van der Waals surface area contributed by atoms with Crippen LogP contribution in [0, 0.1) is 23.0 Å². The number of hydrogen-bond donors (Lipinski definition) is 3. The summed E-state index contributed by atoms with van der Waals surface area (Å²) < 4.78 is 26.3. The first-order chi connectivity index (χ1) is 13.5. The summed E-state index contributed by atoms with van der Waals surface area (Å²) in [7, 11) is 0. The lowest BCUT2D eigenvalue weighted by Gasteiger charge is -2.09. The second-order valence-corrected chi connectivity index (χ2v) is 5.77. The van der Waals surface area contributed by atoms with Crippen molar-refractivity contribution in [1.29, 1.82) is 5.26 Å². The molecule has 0 unspecified atom stereocenters. The largest absolute Gasteiger partial charge is 0.367 e. The van der Waals surface area contributed by atoms with Crippen LogP contribution < -0.4 is 16.0 Å². The number of nitrogens with one attached hydrogen (secondary N) is 3. The second-order valence-electron chi connectivity index (χ2n) is 5.77. The molecule has 0 atom stereocenters. The van der Waals surface area contributed by atoms with Gasteiger partial charge in [0.2, 0.25) is 5.91 Å². The summed E-state index contributed by atoms with van der Waals surface area (Å²) in [5, 5.41) is 17.1. The van der Waals surface area contributed by atoms with E-state index in [1.165, 1.54) is 0 Å². The van der Waals surface area contributed by atoms with Gasteiger partial charge >= 0.3 is 0 Å². The first-order valence-corrected chi connectivity index (χ1v) is 8.60. The highest BCUT2D eigenvalue weighted by molar-refractivity contribution is 5.94. The molecule has 0 bridgehead atoms. The number of benzene rings is 1. The number of pyridine rings is 1. The second kappa shape index (κ2) is 10.6. The molecule has 28 heavy (non-hydrogen) atoms. The van der Waals surface area contributed by atoms with Gasteiger partial charge in [-0.3, -0.25) is 9.59 Å². The van der Waals surface area contributed by atoms with Crippen LogP contribution in [0.5, 0.6) is 0 Å². The predicted octanol–water partition coefficient (Wildman–Crippen LogP) is 1.97. The van der Waals surface area contributed by atoms with Crippen LogP contribution in [0.25, 0.3) is 0 Å². The number of hydrogen-bond acceptors (Lipinski definition) is 5. The fourth-order valence-corrected chi connectivity index (χ4v) is 2.33. The lowest BCUT2D eigenvalue weighted by Crippen LogP contribution is -2.30. The minimum Gasteiger partial charge on any atom is -0.367 e. The summed E-state index contributed by atoms with van der Waals surface area (Å²) >= 11 is 0. The molecule has 146 valence electrons. The Morgan fingerprint density at radius 1 is 1.11 bits per heavy atom. The van der Waals surface area contributed by atoms with Crippen LogP contribution in [-0.4, -0.2) is 36.4 Å². The molecule has 2 amide bonds. The molecule has 2 rings (SSSR count). The molecule has 7 nitrogen and oxygen atoms in total. The van der Waals surface area contributed by atoms with Gasteiger partial charge in [-0.15, -0.1) is 0 Å². The fourth-order valence-electron chi connectivity index (χ4n) is 2.33. The van der Waals surface area contributed by atoms with Crippen molar-refractivity contribution in [3.8, 4) is 6.07 Å². The van der Waals surface area contributed by atoms with Crippen LogP contribution in [0.3, 0.4) is 0 Å². The van der Waals surface area contributed by atoms with E-state index in [0.717, 1.165) is 12.1 Å². The Bertz CT molecular complexity index is 883. The van der Waals surface area contributed by atoms with E-state index in [4.69, 9.17) is 5.26 Å². The highest BCUT2D eigenvalue weighted by Crippen LogP contribution is 2.09. The number of carbonyl (C=O) groups excluding carboxylic acids is 2. The van der Waals surface area contributed by atoms with Crippen molar-refractivity contribution in [3.63, 3.8) is 0 Å². The van der Waals surface area contributed by atoms with Crippen LogP contribution in [0.4, 0.5) is 14.6 Å². The molecule has 1 aromatic heterocycles. The molecule has 0 spiro atoms. The van der Waals surface area contributed by atoms with Crippen LogP contribution in [0.15, 0.2) is 36.5 Å². The smallest absolute Gasteiger partial charge is 0.254 e. The zero-order valence-electron chi connectivity index (χ0n) is 15.0.